The summed E-state index contributed by atoms with van der Waals surface area (Å²) < 4.78 is 1.84. The first kappa shape index (κ1) is 12.4. The average molecular weight is 286 g/mol. The minimum absolute atomic E-state index is 0.00872. The Morgan fingerprint density at radius 3 is 3.00 bits per heavy atom. The van der Waals surface area contributed by atoms with Crippen LogP contribution in [0.5, 0.6) is 0 Å². The molecule has 0 atom stereocenters. The van der Waals surface area contributed by atoms with E-state index >= 15 is 0 Å². The number of amidine groups is 1. The van der Waals surface area contributed by atoms with E-state index in [1.807, 2.05) is 28.8 Å². The van der Waals surface area contributed by atoms with Crippen LogP contribution in [0.3, 0.4) is 0 Å². The Labute approximate surface area is 118 Å². The predicted molar refractivity (Wildman–Crippen MR) is 73.9 cm³/mol. The summed E-state index contributed by atoms with van der Waals surface area (Å²) in [5, 5.41) is 21.2. The summed E-state index contributed by atoms with van der Waals surface area (Å²) in [6.45, 7) is 0. The Bertz CT molecular complexity index is 784. The molecule has 0 saturated carbocycles. The van der Waals surface area contributed by atoms with Gasteiger partial charge in [-0.15, -0.1) is 10.2 Å². The van der Waals surface area contributed by atoms with Crippen molar-refractivity contribution in [2.75, 3.05) is 0 Å². The molecular formula is C12H10N6OS. The quantitative estimate of drug-likeness (QED) is 0.326. The van der Waals surface area contributed by atoms with Gasteiger partial charge in [-0.3, -0.25) is 4.40 Å². The van der Waals surface area contributed by atoms with E-state index in [1.54, 1.807) is 18.3 Å². The van der Waals surface area contributed by atoms with E-state index < -0.39 is 0 Å². The molecule has 0 radical (unpaired) electrons. The van der Waals surface area contributed by atoms with Gasteiger partial charge in [-0.25, -0.2) is 4.98 Å². The summed E-state index contributed by atoms with van der Waals surface area (Å²) in [6, 6.07) is 9.09. The fourth-order valence-corrected chi connectivity index (χ4v) is 2.60. The van der Waals surface area contributed by atoms with Crippen LogP contribution in [-0.2, 0) is 0 Å². The molecule has 3 aromatic heterocycles. The summed E-state index contributed by atoms with van der Waals surface area (Å²) in [6.07, 6.45) is 3.50. The fourth-order valence-electron chi connectivity index (χ4n) is 1.70. The van der Waals surface area contributed by atoms with Gasteiger partial charge in [-0.05, 0) is 36.0 Å². The number of aromatic nitrogens is 4. The van der Waals surface area contributed by atoms with E-state index in [0.29, 0.717) is 15.7 Å². The highest BCUT2D eigenvalue weighted by Gasteiger charge is 2.13. The SMILES string of the molecule is NC(=NO)c1cccnc1Sc1nnc2ccccn12. The third kappa shape index (κ3) is 2.16. The maximum Gasteiger partial charge on any atom is 0.201 e. The molecule has 20 heavy (non-hydrogen) atoms. The molecule has 0 aliphatic rings. The molecule has 3 aromatic rings. The zero-order valence-electron chi connectivity index (χ0n) is 10.2. The van der Waals surface area contributed by atoms with Crippen molar-refractivity contribution in [1.82, 2.24) is 19.6 Å². The first-order valence-corrected chi connectivity index (χ1v) is 6.52. The van der Waals surface area contributed by atoms with Crippen molar-refractivity contribution in [2.45, 2.75) is 10.2 Å². The minimum atomic E-state index is 0.00872. The molecule has 7 nitrogen and oxygen atoms in total. The molecule has 3 heterocycles. The third-order valence-electron chi connectivity index (χ3n) is 2.63. The monoisotopic (exact) mass is 286 g/mol. The van der Waals surface area contributed by atoms with Crippen LogP contribution in [0.2, 0.25) is 0 Å². The minimum Gasteiger partial charge on any atom is -0.409 e. The van der Waals surface area contributed by atoms with E-state index in [4.69, 9.17) is 10.9 Å². The third-order valence-corrected chi connectivity index (χ3v) is 3.60. The topological polar surface area (TPSA) is 102 Å². The number of nitrogens with zero attached hydrogens (tertiary/aromatic N) is 5. The van der Waals surface area contributed by atoms with Gasteiger partial charge in [0.1, 0.15) is 5.03 Å². The second kappa shape index (κ2) is 5.17. The lowest BCUT2D eigenvalue weighted by molar-refractivity contribution is 0.318. The molecule has 0 aliphatic carbocycles. The molecule has 0 amide bonds. The predicted octanol–water partition coefficient (Wildman–Crippen LogP) is 1.37. The highest BCUT2D eigenvalue weighted by molar-refractivity contribution is 7.99. The van der Waals surface area contributed by atoms with Crippen molar-refractivity contribution >= 4 is 23.2 Å². The number of hydrogen-bond donors (Lipinski definition) is 2. The van der Waals surface area contributed by atoms with Crippen LogP contribution in [0.15, 0.2) is 58.1 Å². The van der Waals surface area contributed by atoms with Crippen LogP contribution in [0, 0.1) is 0 Å². The summed E-state index contributed by atoms with van der Waals surface area (Å²) in [4.78, 5) is 4.24. The lowest BCUT2D eigenvalue weighted by Gasteiger charge is -2.05. The maximum atomic E-state index is 8.80. The van der Waals surface area contributed by atoms with Gasteiger partial charge >= 0.3 is 0 Å². The second-order valence-corrected chi connectivity index (χ2v) is 4.81. The largest absolute Gasteiger partial charge is 0.409 e. The van der Waals surface area contributed by atoms with E-state index in [2.05, 4.69) is 20.3 Å². The van der Waals surface area contributed by atoms with Gasteiger partial charge in [0.2, 0.25) is 5.16 Å². The summed E-state index contributed by atoms with van der Waals surface area (Å²) in [5.41, 5.74) is 6.94. The van der Waals surface area contributed by atoms with Gasteiger partial charge in [0.15, 0.2) is 11.5 Å². The molecular weight excluding hydrogens is 276 g/mol. The van der Waals surface area contributed by atoms with E-state index in [1.165, 1.54) is 11.8 Å². The fraction of sp³-hybridized carbons (Fsp3) is 0. The Kier molecular flexibility index (Phi) is 3.21. The lowest BCUT2D eigenvalue weighted by Crippen LogP contribution is -2.14. The standard InChI is InChI=1S/C12H10N6OS/c13-10(17-19)8-4-3-6-14-11(8)20-12-16-15-9-5-1-2-7-18(9)12/h1-7,19H,(H2,13,17). The zero-order valence-corrected chi connectivity index (χ0v) is 11.0. The van der Waals surface area contributed by atoms with Crippen LogP contribution in [0.25, 0.3) is 5.65 Å². The van der Waals surface area contributed by atoms with E-state index in [-0.39, 0.29) is 5.84 Å². The van der Waals surface area contributed by atoms with Crippen molar-refractivity contribution in [3.8, 4) is 0 Å². The first-order valence-electron chi connectivity index (χ1n) is 5.70. The summed E-state index contributed by atoms with van der Waals surface area (Å²) >= 11 is 1.30. The second-order valence-electron chi connectivity index (χ2n) is 3.85. The maximum absolute atomic E-state index is 8.80. The molecule has 0 aromatic carbocycles. The van der Waals surface area contributed by atoms with Crippen LogP contribution in [0.1, 0.15) is 5.56 Å². The van der Waals surface area contributed by atoms with Gasteiger partial charge < -0.3 is 10.9 Å². The van der Waals surface area contributed by atoms with Gasteiger partial charge in [0, 0.05) is 12.4 Å². The molecule has 0 aliphatic heterocycles. The first-order chi connectivity index (χ1) is 9.79. The Hall–Kier alpha value is -2.61. The van der Waals surface area contributed by atoms with Crippen LogP contribution in [-0.4, -0.2) is 30.6 Å². The number of oxime groups is 1. The van der Waals surface area contributed by atoms with E-state index in [9.17, 15) is 0 Å². The number of rotatable bonds is 3. The summed E-state index contributed by atoms with van der Waals surface area (Å²) in [7, 11) is 0. The molecule has 0 bridgehead atoms. The molecule has 0 unspecified atom stereocenters. The van der Waals surface area contributed by atoms with E-state index in [0.717, 1.165) is 5.65 Å². The van der Waals surface area contributed by atoms with Crippen LogP contribution < -0.4 is 5.73 Å². The Morgan fingerprint density at radius 2 is 2.15 bits per heavy atom. The average Bonchev–Trinajstić information content (AvgIpc) is 2.90. The number of fused-ring (bicyclic) bond motifs is 1. The number of nitrogens with two attached hydrogens (primary N) is 1. The molecule has 3 N–H and O–H groups in total. The highest BCUT2D eigenvalue weighted by Crippen LogP contribution is 2.27. The normalized spacial score (nSPS) is 11.9. The lowest BCUT2D eigenvalue weighted by atomic mass is 10.3. The van der Waals surface area contributed by atoms with Crippen molar-refractivity contribution in [3.63, 3.8) is 0 Å². The Morgan fingerprint density at radius 1 is 1.25 bits per heavy atom. The molecule has 0 saturated heterocycles. The number of hydrogen-bond acceptors (Lipinski definition) is 6. The molecule has 3 rings (SSSR count). The van der Waals surface area contributed by atoms with Crippen LogP contribution >= 0.6 is 11.8 Å². The zero-order chi connectivity index (χ0) is 13.9. The van der Waals surface area contributed by atoms with Crippen molar-refractivity contribution in [2.24, 2.45) is 10.9 Å². The summed E-state index contributed by atoms with van der Waals surface area (Å²) in [5.74, 6) is 0.00872. The van der Waals surface area contributed by atoms with Crippen LogP contribution in [0.4, 0.5) is 0 Å². The molecule has 100 valence electrons. The van der Waals surface area contributed by atoms with Gasteiger partial charge in [0.05, 0.1) is 5.56 Å². The smallest absolute Gasteiger partial charge is 0.201 e. The molecule has 8 heteroatoms. The molecule has 0 spiro atoms. The van der Waals surface area contributed by atoms with Crippen molar-refractivity contribution < 1.29 is 5.21 Å². The molecule has 0 fully saturated rings. The van der Waals surface area contributed by atoms with Gasteiger partial charge in [0.25, 0.3) is 0 Å². The van der Waals surface area contributed by atoms with Crippen molar-refractivity contribution in [3.05, 3.63) is 48.3 Å². The van der Waals surface area contributed by atoms with Crippen molar-refractivity contribution in [1.29, 1.82) is 0 Å². The Balaban J connectivity index is 2.04. The highest BCUT2D eigenvalue weighted by atomic mass is 32.2. The number of pyridine rings is 2. The van der Waals surface area contributed by atoms with Gasteiger partial charge in [-0.1, -0.05) is 11.2 Å². The van der Waals surface area contributed by atoms with Gasteiger partial charge in [-0.2, -0.15) is 0 Å².